The molecule has 3 heterocycles. The number of hydrogen-bond donors (Lipinski definition) is 2. The maximum Gasteiger partial charge on any atom is 0.273 e. The molecule has 3 N–H and O–H groups in total. The monoisotopic (exact) mass is 429 g/mol. The Morgan fingerprint density at radius 3 is 2.66 bits per heavy atom. The summed E-state index contributed by atoms with van der Waals surface area (Å²) >= 11 is 2.93. The predicted molar refractivity (Wildman–Crippen MR) is 113 cm³/mol. The second kappa shape index (κ2) is 7.72. The lowest BCUT2D eigenvalue weighted by Gasteiger charge is -2.20. The number of nitrogens with one attached hydrogen (secondary N) is 1. The molecule has 29 heavy (non-hydrogen) atoms. The lowest BCUT2D eigenvalue weighted by atomic mass is 10.1. The topological polar surface area (TPSA) is 101 Å². The lowest BCUT2D eigenvalue weighted by Crippen LogP contribution is -2.39. The first-order valence-corrected chi connectivity index (χ1v) is 10.4. The SMILES string of the molecule is Cc1ccc(-c2csc(NC(=O)C3=NN(c4ccc(F)cc4)C(C(N)=O)C3)n2)s1. The summed E-state index contributed by atoms with van der Waals surface area (Å²) in [6, 6.07) is 8.65. The maximum absolute atomic E-state index is 13.2. The van der Waals surface area contributed by atoms with Gasteiger partial charge in [0.05, 0.1) is 16.3 Å². The number of thiophene rings is 1. The Bertz CT molecular complexity index is 1110. The summed E-state index contributed by atoms with van der Waals surface area (Å²) in [5.74, 6) is -1.49. The molecule has 10 heteroatoms. The third-order valence-corrected chi connectivity index (χ3v) is 6.09. The third-order valence-electron chi connectivity index (χ3n) is 4.31. The number of thiazole rings is 1. The number of anilines is 2. The molecule has 0 bridgehead atoms. The van der Waals surface area contributed by atoms with Gasteiger partial charge in [-0.15, -0.1) is 22.7 Å². The standard InChI is InChI=1S/C19H16FN5O2S2/c1-10-2-7-16(29-10)14-9-28-19(22-14)23-18(27)13-8-15(17(21)26)25(24-13)12-5-3-11(20)4-6-12/h2-7,9,15H,8H2,1H3,(H2,21,26)(H,22,23,27). The Morgan fingerprint density at radius 1 is 1.24 bits per heavy atom. The molecule has 2 aromatic heterocycles. The van der Waals surface area contributed by atoms with E-state index in [0.29, 0.717) is 10.8 Å². The summed E-state index contributed by atoms with van der Waals surface area (Å²) in [6.45, 7) is 2.02. The van der Waals surface area contributed by atoms with E-state index in [1.165, 1.54) is 45.5 Å². The first-order valence-electron chi connectivity index (χ1n) is 8.66. The average molecular weight is 430 g/mol. The van der Waals surface area contributed by atoms with Gasteiger partial charge in [0.25, 0.3) is 5.91 Å². The number of halogens is 1. The smallest absolute Gasteiger partial charge is 0.273 e. The Hall–Kier alpha value is -3.11. The quantitative estimate of drug-likeness (QED) is 0.649. The van der Waals surface area contributed by atoms with Crippen molar-refractivity contribution < 1.29 is 14.0 Å². The van der Waals surface area contributed by atoms with Crippen molar-refractivity contribution in [2.45, 2.75) is 19.4 Å². The molecule has 1 aromatic carbocycles. The molecule has 1 unspecified atom stereocenters. The number of amides is 2. The molecule has 3 aromatic rings. The Morgan fingerprint density at radius 2 is 2.00 bits per heavy atom. The summed E-state index contributed by atoms with van der Waals surface area (Å²) < 4.78 is 13.2. The highest BCUT2D eigenvalue weighted by atomic mass is 32.1. The Balaban J connectivity index is 1.52. The van der Waals surface area contributed by atoms with Crippen molar-refractivity contribution in [3.63, 3.8) is 0 Å². The molecule has 1 aliphatic rings. The van der Waals surface area contributed by atoms with Crippen molar-refractivity contribution in [2.24, 2.45) is 10.8 Å². The van der Waals surface area contributed by atoms with Crippen molar-refractivity contribution >= 4 is 51.0 Å². The highest BCUT2D eigenvalue weighted by molar-refractivity contribution is 7.17. The van der Waals surface area contributed by atoms with Crippen LogP contribution in [0, 0.1) is 12.7 Å². The fourth-order valence-corrected chi connectivity index (χ4v) is 4.50. The van der Waals surface area contributed by atoms with Gasteiger partial charge in [0, 0.05) is 16.7 Å². The van der Waals surface area contributed by atoms with Gasteiger partial charge in [-0.25, -0.2) is 9.37 Å². The van der Waals surface area contributed by atoms with Crippen LogP contribution in [-0.4, -0.2) is 28.6 Å². The zero-order valence-electron chi connectivity index (χ0n) is 15.3. The number of carbonyl (C=O) groups is 2. The van der Waals surface area contributed by atoms with Gasteiger partial charge >= 0.3 is 0 Å². The van der Waals surface area contributed by atoms with E-state index < -0.39 is 23.7 Å². The molecule has 2 amide bonds. The van der Waals surface area contributed by atoms with Crippen LogP contribution in [0.4, 0.5) is 15.2 Å². The highest BCUT2D eigenvalue weighted by Crippen LogP contribution is 2.31. The molecule has 0 aliphatic carbocycles. The molecule has 0 saturated heterocycles. The van der Waals surface area contributed by atoms with E-state index in [9.17, 15) is 14.0 Å². The van der Waals surface area contributed by atoms with Gasteiger partial charge in [0.1, 0.15) is 17.6 Å². The Labute approximate surface area is 173 Å². The number of carbonyl (C=O) groups excluding carboxylic acids is 2. The molecular weight excluding hydrogens is 413 g/mol. The summed E-state index contributed by atoms with van der Waals surface area (Å²) in [5.41, 5.74) is 6.89. The molecule has 1 aliphatic heterocycles. The van der Waals surface area contributed by atoms with E-state index in [0.717, 1.165) is 10.6 Å². The summed E-state index contributed by atoms with van der Waals surface area (Å²) in [4.78, 5) is 31.1. The van der Waals surface area contributed by atoms with E-state index in [1.807, 2.05) is 24.4 Å². The van der Waals surface area contributed by atoms with E-state index in [1.54, 1.807) is 11.3 Å². The van der Waals surface area contributed by atoms with Crippen LogP contribution in [0.2, 0.25) is 0 Å². The van der Waals surface area contributed by atoms with Gasteiger partial charge in [0.15, 0.2) is 5.13 Å². The molecular formula is C19H16FN5O2S2. The van der Waals surface area contributed by atoms with E-state index >= 15 is 0 Å². The highest BCUT2D eigenvalue weighted by Gasteiger charge is 2.35. The number of aromatic nitrogens is 1. The van der Waals surface area contributed by atoms with Crippen LogP contribution in [0.1, 0.15) is 11.3 Å². The third kappa shape index (κ3) is 4.03. The van der Waals surface area contributed by atoms with Gasteiger partial charge in [-0.1, -0.05) is 0 Å². The fourth-order valence-electron chi connectivity index (χ4n) is 2.89. The summed E-state index contributed by atoms with van der Waals surface area (Å²) in [6.07, 6.45) is 0.0564. The average Bonchev–Trinajstić information content (AvgIpc) is 3.41. The minimum atomic E-state index is -0.817. The minimum absolute atomic E-state index is 0.0564. The van der Waals surface area contributed by atoms with E-state index in [2.05, 4.69) is 15.4 Å². The van der Waals surface area contributed by atoms with Gasteiger partial charge in [-0.2, -0.15) is 5.10 Å². The van der Waals surface area contributed by atoms with E-state index in [-0.39, 0.29) is 12.1 Å². The zero-order chi connectivity index (χ0) is 20.5. The zero-order valence-corrected chi connectivity index (χ0v) is 16.9. The van der Waals surface area contributed by atoms with Gasteiger partial charge < -0.3 is 5.73 Å². The van der Waals surface area contributed by atoms with Crippen LogP contribution in [0.5, 0.6) is 0 Å². The first-order chi connectivity index (χ1) is 13.9. The van der Waals surface area contributed by atoms with Crippen LogP contribution in [0.3, 0.4) is 0 Å². The number of primary amides is 1. The largest absolute Gasteiger partial charge is 0.368 e. The van der Waals surface area contributed by atoms with Gasteiger partial charge in [0.2, 0.25) is 5.91 Å². The van der Waals surface area contributed by atoms with E-state index in [4.69, 9.17) is 5.73 Å². The molecule has 0 saturated carbocycles. The fraction of sp³-hybridized carbons (Fsp3) is 0.158. The number of hydrazone groups is 1. The van der Waals surface area contributed by atoms with Crippen LogP contribution < -0.4 is 16.1 Å². The van der Waals surface area contributed by atoms with Crippen LogP contribution in [0.15, 0.2) is 46.9 Å². The van der Waals surface area contributed by atoms with Crippen molar-refractivity contribution in [1.82, 2.24) is 4.98 Å². The number of nitrogens with zero attached hydrogens (tertiary/aromatic N) is 3. The molecule has 4 rings (SSSR count). The number of nitrogens with two attached hydrogens (primary N) is 1. The number of benzene rings is 1. The number of rotatable bonds is 5. The molecule has 7 nitrogen and oxygen atoms in total. The molecule has 0 fully saturated rings. The molecule has 0 spiro atoms. The number of hydrogen-bond acceptors (Lipinski definition) is 7. The van der Waals surface area contributed by atoms with Gasteiger partial charge in [-0.3, -0.25) is 19.9 Å². The van der Waals surface area contributed by atoms with Crippen molar-refractivity contribution in [3.8, 4) is 10.6 Å². The lowest BCUT2D eigenvalue weighted by molar-refractivity contribution is -0.119. The molecule has 0 radical (unpaired) electrons. The molecule has 148 valence electrons. The normalized spacial score (nSPS) is 16.0. The van der Waals surface area contributed by atoms with Crippen molar-refractivity contribution in [2.75, 3.05) is 10.3 Å². The number of aryl methyl sites for hydroxylation is 1. The second-order valence-corrected chi connectivity index (χ2v) is 8.54. The van der Waals surface area contributed by atoms with Gasteiger partial charge in [-0.05, 0) is 43.3 Å². The minimum Gasteiger partial charge on any atom is -0.368 e. The summed E-state index contributed by atoms with van der Waals surface area (Å²) in [5, 5.41) is 10.6. The second-order valence-electron chi connectivity index (χ2n) is 6.39. The predicted octanol–water partition coefficient (Wildman–Crippen LogP) is 3.38. The van der Waals surface area contributed by atoms with Crippen LogP contribution in [0.25, 0.3) is 10.6 Å². The first kappa shape index (κ1) is 19.2. The molecule has 1 atom stereocenters. The maximum atomic E-state index is 13.2. The summed E-state index contributed by atoms with van der Waals surface area (Å²) in [7, 11) is 0. The van der Waals surface area contributed by atoms with Crippen LogP contribution in [-0.2, 0) is 9.59 Å². The van der Waals surface area contributed by atoms with Crippen molar-refractivity contribution in [1.29, 1.82) is 0 Å². The Kier molecular flexibility index (Phi) is 5.12. The van der Waals surface area contributed by atoms with Crippen LogP contribution >= 0.6 is 22.7 Å². The van der Waals surface area contributed by atoms with Crippen molar-refractivity contribution in [3.05, 3.63) is 52.5 Å².